The summed E-state index contributed by atoms with van der Waals surface area (Å²) in [5.74, 6) is 0.154. The van der Waals surface area contributed by atoms with Crippen LogP contribution >= 0.6 is 11.3 Å². The van der Waals surface area contributed by atoms with E-state index in [1.165, 1.54) is 18.6 Å². The maximum atomic E-state index is 13.3. The van der Waals surface area contributed by atoms with Gasteiger partial charge in [-0.2, -0.15) is 0 Å². The first-order valence-corrected chi connectivity index (χ1v) is 11.5. The molecule has 0 radical (unpaired) electrons. The van der Waals surface area contributed by atoms with Gasteiger partial charge in [0.15, 0.2) is 0 Å². The Morgan fingerprint density at radius 1 is 1.03 bits per heavy atom. The van der Waals surface area contributed by atoms with E-state index in [1.54, 1.807) is 29.7 Å². The van der Waals surface area contributed by atoms with Crippen molar-refractivity contribution in [1.29, 1.82) is 0 Å². The van der Waals surface area contributed by atoms with Crippen LogP contribution in [0.25, 0.3) is 21.3 Å². The van der Waals surface area contributed by atoms with Gasteiger partial charge in [-0.25, -0.2) is 19.3 Å². The second kappa shape index (κ2) is 9.82. The maximum Gasteiger partial charge on any atom is 0.255 e. The van der Waals surface area contributed by atoms with Crippen molar-refractivity contribution in [2.75, 3.05) is 11.1 Å². The van der Waals surface area contributed by atoms with Crippen molar-refractivity contribution in [1.82, 2.24) is 25.3 Å². The van der Waals surface area contributed by atoms with E-state index in [9.17, 15) is 9.18 Å². The molecule has 1 aromatic carbocycles. The summed E-state index contributed by atoms with van der Waals surface area (Å²) in [6, 6.07) is 14.7. The lowest BCUT2D eigenvalue weighted by atomic mass is 10.1. The van der Waals surface area contributed by atoms with Crippen molar-refractivity contribution in [2.45, 2.75) is 13.1 Å². The Morgan fingerprint density at radius 2 is 1.94 bits per heavy atom. The number of amides is 1. The highest BCUT2D eigenvalue weighted by atomic mass is 32.1. The van der Waals surface area contributed by atoms with E-state index in [-0.39, 0.29) is 12.5 Å². The van der Waals surface area contributed by atoms with Crippen LogP contribution in [0.1, 0.15) is 20.8 Å². The number of hydrogen-bond donors (Lipinski definition) is 3. The third-order valence-corrected chi connectivity index (χ3v) is 6.44. The number of pyridine rings is 2. The molecular weight excluding hydrogens is 465 g/mol. The molecule has 4 heterocycles. The molecule has 4 N–H and O–H groups in total. The lowest BCUT2D eigenvalue weighted by Gasteiger charge is -2.11. The number of hydrogen-bond acceptors (Lipinski definition) is 8. The molecule has 0 saturated heterocycles. The number of rotatable bonds is 7. The van der Waals surface area contributed by atoms with Crippen molar-refractivity contribution in [2.24, 2.45) is 0 Å². The van der Waals surface area contributed by atoms with Crippen molar-refractivity contribution in [3.05, 3.63) is 95.3 Å². The van der Waals surface area contributed by atoms with E-state index in [1.807, 2.05) is 30.3 Å². The van der Waals surface area contributed by atoms with Crippen molar-refractivity contribution < 1.29 is 9.18 Å². The summed E-state index contributed by atoms with van der Waals surface area (Å²) in [7, 11) is 0. The number of carbonyl (C=O) groups excluding carboxylic acids is 1. The van der Waals surface area contributed by atoms with Gasteiger partial charge < -0.3 is 16.4 Å². The summed E-state index contributed by atoms with van der Waals surface area (Å²) in [4.78, 5) is 31.3. The number of aromatic nitrogens is 4. The smallest absolute Gasteiger partial charge is 0.255 e. The minimum absolute atomic E-state index is 0.160. The van der Waals surface area contributed by atoms with Gasteiger partial charge in [0.05, 0.1) is 23.8 Å². The van der Waals surface area contributed by atoms with Gasteiger partial charge in [-0.05, 0) is 53.6 Å². The van der Waals surface area contributed by atoms with E-state index < -0.39 is 5.82 Å². The van der Waals surface area contributed by atoms with Gasteiger partial charge in [-0.3, -0.25) is 9.78 Å². The van der Waals surface area contributed by atoms with Gasteiger partial charge in [-0.15, -0.1) is 11.3 Å². The zero-order valence-electron chi connectivity index (χ0n) is 18.4. The summed E-state index contributed by atoms with van der Waals surface area (Å²) < 4.78 is 13.3. The topological polar surface area (TPSA) is 119 Å². The molecular formula is C25H20FN7OS. The number of nitrogen functional groups attached to an aromatic ring is 1. The average Bonchev–Trinajstić information content (AvgIpc) is 3.35. The first-order chi connectivity index (χ1) is 17.1. The van der Waals surface area contributed by atoms with Gasteiger partial charge in [-0.1, -0.05) is 6.07 Å². The number of nitrogens with one attached hydrogen (secondary N) is 2. The summed E-state index contributed by atoms with van der Waals surface area (Å²) in [5.41, 5.74) is 8.81. The van der Waals surface area contributed by atoms with Crippen molar-refractivity contribution in [3.63, 3.8) is 0 Å². The summed E-state index contributed by atoms with van der Waals surface area (Å²) in [5, 5.41) is 6.85. The Morgan fingerprint density at radius 3 is 2.83 bits per heavy atom. The molecule has 0 aliphatic rings. The quantitative estimate of drug-likeness (QED) is 0.312. The van der Waals surface area contributed by atoms with Crippen LogP contribution in [0.3, 0.4) is 0 Å². The second-order valence-corrected chi connectivity index (χ2v) is 8.87. The van der Waals surface area contributed by atoms with Crippen LogP contribution in [-0.4, -0.2) is 25.8 Å². The fraction of sp³-hybridized carbons (Fsp3) is 0.0800. The number of anilines is 2. The Balaban J connectivity index is 1.27. The standard InChI is InChI=1S/C25H20FN7OS/c26-17-8-15(10-28-12-17)11-31-25(34)19-2-1-7-29-24(19)30-13-18-4-6-22(35-18)16-3-5-21-20(9-16)23(27)33-14-32-21/h1-10,12,14H,11,13H2,(H,29,30)(H,31,34)(H2,27,32,33). The number of benzene rings is 1. The van der Waals surface area contributed by atoms with E-state index in [0.29, 0.717) is 29.3 Å². The first kappa shape index (κ1) is 22.4. The Hall–Kier alpha value is -4.44. The SMILES string of the molecule is Nc1ncnc2ccc(-c3ccc(CNc4ncccc4C(=O)NCc4cncc(F)c4)s3)cc12. The fourth-order valence-electron chi connectivity index (χ4n) is 3.59. The molecule has 35 heavy (non-hydrogen) atoms. The van der Waals surface area contributed by atoms with Gasteiger partial charge in [0, 0.05) is 34.1 Å². The zero-order chi connectivity index (χ0) is 24.2. The largest absolute Gasteiger partial charge is 0.383 e. The monoisotopic (exact) mass is 485 g/mol. The second-order valence-electron chi connectivity index (χ2n) is 7.70. The van der Waals surface area contributed by atoms with Gasteiger partial charge in [0.1, 0.15) is 23.8 Å². The highest BCUT2D eigenvalue weighted by Gasteiger charge is 2.13. The fourth-order valence-corrected chi connectivity index (χ4v) is 4.53. The molecule has 0 aliphatic carbocycles. The number of nitrogens with zero attached hydrogens (tertiary/aromatic N) is 4. The van der Waals surface area contributed by atoms with Crippen LogP contribution in [0.4, 0.5) is 16.0 Å². The van der Waals surface area contributed by atoms with Gasteiger partial charge in [0.25, 0.3) is 5.91 Å². The summed E-state index contributed by atoms with van der Waals surface area (Å²) in [6.07, 6.45) is 5.71. The molecule has 1 amide bonds. The van der Waals surface area contributed by atoms with Gasteiger partial charge >= 0.3 is 0 Å². The summed E-state index contributed by atoms with van der Waals surface area (Å²) >= 11 is 1.63. The summed E-state index contributed by atoms with van der Waals surface area (Å²) in [6.45, 7) is 0.655. The van der Waals surface area contributed by atoms with Gasteiger partial charge in [0.2, 0.25) is 0 Å². The zero-order valence-corrected chi connectivity index (χ0v) is 19.2. The van der Waals surface area contributed by atoms with E-state index >= 15 is 0 Å². The highest BCUT2D eigenvalue weighted by molar-refractivity contribution is 7.15. The molecule has 5 aromatic rings. The molecule has 0 saturated carbocycles. The third-order valence-electron chi connectivity index (χ3n) is 5.31. The Kier molecular flexibility index (Phi) is 6.27. The minimum atomic E-state index is -0.448. The number of fused-ring (bicyclic) bond motifs is 1. The average molecular weight is 486 g/mol. The molecule has 4 aromatic heterocycles. The minimum Gasteiger partial charge on any atom is -0.383 e. The number of halogens is 1. The molecule has 174 valence electrons. The first-order valence-electron chi connectivity index (χ1n) is 10.7. The normalized spacial score (nSPS) is 10.9. The molecule has 10 heteroatoms. The molecule has 0 unspecified atom stereocenters. The Bertz CT molecular complexity index is 1520. The van der Waals surface area contributed by atoms with Crippen LogP contribution < -0.4 is 16.4 Å². The molecule has 0 bridgehead atoms. The number of thiophene rings is 1. The van der Waals surface area contributed by atoms with Crippen LogP contribution in [-0.2, 0) is 13.1 Å². The molecule has 8 nitrogen and oxygen atoms in total. The third kappa shape index (κ3) is 5.07. The highest BCUT2D eigenvalue weighted by Crippen LogP contribution is 2.31. The lowest BCUT2D eigenvalue weighted by Crippen LogP contribution is -2.24. The van der Waals surface area contributed by atoms with E-state index in [4.69, 9.17) is 5.73 Å². The van der Waals surface area contributed by atoms with Crippen LogP contribution in [0.2, 0.25) is 0 Å². The molecule has 0 spiro atoms. The maximum absolute atomic E-state index is 13.3. The predicted octanol–water partition coefficient (Wildman–Crippen LogP) is 4.41. The van der Waals surface area contributed by atoms with E-state index in [0.717, 1.165) is 32.4 Å². The molecule has 0 fully saturated rings. The van der Waals surface area contributed by atoms with Crippen LogP contribution in [0, 0.1) is 5.82 Å². The number of carbonyl (C=O) groups is 1. The Labute approximate surface area is 204 Å². The predicted molar refractivity (Wildman–Crippen MR) is 134 cm³/mol. The van der Waals surface area contributed by atoms with Crippen molar-refractivity contribution in [3.8, 4) is 10.4 Å². The van der Waals surface area contributed by atoms with Crippen LogP contribution in [0.5, 0.6) is 0 Å². The molecule has 0 aliphatic heterocycles. The van der Waals surface area contributed by atoms with Crippen LogP contribution in [0.15, 0.2) is 73.4 Å². The van der Waals surface area contributed by atoms with Crippen molar-refractivity contribution >= 4 is 39.8 Å². The van der Waals surface area contributed by atoms with E-state index in [2.05, 4.69) is 30.6 Å². The number of nitrogens with two attached hydrogens (primary N) is 1. The molecule has 5 rings (SSSR count). The molecule has 0 atom stereocenters. The lowest BCUT2D eigenvalue weighted by molar-refractivity contribution is 0.0951.